The summed E-state index contributed by atoms with van der Waals surface area (Å²) < 4.78 is 0. The van der Waals surface area contributed by atoms with Crippen molar-refractivity contribution in [2.75, 3.05) is 5.32 Å². The van der Waals surface area contributed by atoms with Crippen LogP contribution in [0.5, 0.6) is 0 Å². The first kappa shape index (κ1) is 13.1. The summed E-state index contributed by atoms with van der Waals surface area (Å²) in [6.45, 7) is 1.65. The van der Waals surface area contributed by atoms with Gasteiger partial charge >= 0.3 is 5.97 Å². The summed E-state index contributed by atoms with van der Waals surface area (Å²) >= 11 is 0. The lowest BCUT2D eigenvalue weighted by molar-refractivity contribution is 0.0695. The highest BCUT2D eigenvalue weighted by Gasteiger charge is 2.10. The third-order valence-corrected chi connectivity index (χ3v) is 3.25. The lowest BCUT2D eigenvalue weighted by Crippen LogP contribution is -2.06. The second-order valence-electron chi connectivity index (χ2n) is 4.65. The largest absolute Gasteiger partial charge is 0.478 e. The molecular weight excluding hydrogens is 266 g/mol. The maximum absolute atomic E-state index is 11.0. The van der Waals surface area contributed by atoms with Gasteiger partial charge in [-0.3, -0.25) is 0 Å². The van der Waals surface area contributed by atoms with Crippen LogP contribution < -0.4 is 5.32 Å². The fraction of sp³-hybridized carbons (Fsp3) is 0.0625. The van der Waals surface area contributed by atoms with Gasteiger partial charge in [-0.2, -0.15) is 0 Å². The Bertz CT molecular complexity index is 825. The molecule has 5 nitrogen and oxygen atoms in total. The summed E-state index contributed by atoms with van der Waals surface area (Å²) in [4.78, 5) is 19.2. The normalized spacial score (nSPS) is 10.5. The van der Waals surface area contributed by atoms with Crippen molar-refractivity contribution >= 4 is 28.4 Å². The number of rotatable bonds is 3. The van der Waals surface area contributed by atoms with Crippen molar-refractivity contribution in [1.29, 1.82) is 0 Å². The van der Waals surface area contributed by atoms with E-state index >= 15 is 0 Å². The number of benzene rings is 2. The van der Waals surface area contributed by atoms with Crippen LogP contribution in [0, 0.1) is 6.92 Å². The molecule has 0 atom stereocenters. The van der Waals surface area contributed by atoms with Gasteiger partial charge < -0.3 is 10.4 Å². The third kappa shape index (κ3) is 2.53. The molecule has 0 amide bonds. The number of nitrogens with one attached hydrogen (secondary N) is 1. The van der Waals surface area contributed by atoms with E-state index in [1.54, 1.807) is 6.92 Å². The second kappa shape index (κ2) is 5.20. The van der Waals surface area contributed by atoms with Gasteiger partial charge in [0, 0.05) is 17.3 Å². The predicted molar refractivity (Wildman–Crippen MR) is 81.0 cm³/mol. The van der Waals surface area contributed by atoms with E-state index in [1.165, 1.54) is 6.20 Å². The highest BCUT2D eigenvalue weighted by molar-refractivity contribution is 5.95. The van der Waals surface area contributed by atoms with Crippen molar-refractivity contribution < 1.29 is 9.90 Å². The fourth-order valence-electron chi connectivity index (χ4n) is 2.19. The van der Waals surface area contributed by atoms with Crippen LogP contribution in [0.25, 0.3) is 10.8 Å². The van der Waals surface area contributed by atoms with Gasteiger partial charge in [-0.1, -0.05) is 36.4 Å². The van der Waals surface area contributed by atoms with Crippen LogP contribution >= 0.6 is 0 Å². The molecule has 0 radical (unpaired) electrons. The molecule has 0 aliphatic rings. The van der Waals surface area contributed by atoms with E-state index in [9.17, 15) is 4.79 Å². The van der Waals surface area contributed by atoms with Crippen molar-refractivity contribution in [3.63, 3.8) is 0 Å². The Balaban J connectivity index is 1.99. The zero-order valence-corrected chi connectivity index (χ0v) is 11.4. The molecule has 0 spiro atoms. The number of carboxylic acids is 1. The van der Waals surface area contributed by atoms with Crippen LogP contribution in [-0.2, 0) is 0 Å². The number of aromatic nitrogens is 2. The number of aryl methyl sites for hydroxylation is 1. The summed E-state index contributed by atoms with van der Waals surface area (Å²) in [6.07, 6.45) is 1.32. The number of hydrogen-bond donors (Lipinski definition) is 2. The number of carboxylic acid groups (broad SMARTS) is 1. The number of anilines is 2. The minimum Gasteiger partial charge on any atom is -0.478 e. The first-order valence-electron chi connectivity index (χ1n) is 6.47. The maximum atomic E-state index is 11.0. The molecule has 0 fully saturated rings. The molecule has 0 saturated heterocycles. The van der Waals surface area contributed by atoms with Gasteiger partial charge in [0.15, 0.2) is 0 Å². The Hall–Kier alpha value is -2.95. The van der Waals surface area contributed by atoms with E-state index < -0.39 is 5.97 Å². The molecule has 0 aliphatic carbocycles. The molecule has 1 aromatic heterocycles. The third-order valence-electron chi connectivity index (χ3n) is 3.25. The molecule has 0 unspecified atom stereocenters. The zero-order valence-electron chi connectivity index (χ0n) is 11.4. The number of fused-ring (bicyclic) bond motifs is 1. The van der Waals surface area contributed by atoms with Gasteiger partial charge in [-0.25, -0.2) is 14.8 Å². The Kier molecular flexibility index (Phi) is 3.23. The van der Waals surface area contributed by atoms with Crippen molar-refractivity contribution in [3.05, 3.63) is 59.9 Å². The average molecular weight is 279 g/mol. The second-order valence-corrected chi connectivity index (χ2v) is 4.65. The van der Waals surface area contributed by atoms with Crippen molar-refractivity contribution in [1.82, 2.24) is 9.97 Å². The smallest absolute Gasteiger partial charge is 0.339 e. The Morgan fingerprint density at radius 3 is 2.67 bits per heavy atom. The molecule has 2 aromatic carbocycles. The highest BCUT2D eigenvalue weighted by atomic mass is 16.4. The fourth-order valence-corrected chi connectivity index (χ4v) is 2.19. The Labute approximate surface area is 121 Å². The minimum atomic E-state index is -1.02. The Morgan fingerprint density at radius 1 is 1.14 bits per heavy atom. The van der Waals surface area contributed by atoms with E-state index in [1.807, 2.05) is 42.5 Å². The number of aromatic carboxylic acids is 1. The number of carbonyl (C=O) groups is 1. The number of hydrogen-bond acceptors (Lipinski definition) is 4. The molecule has 0 aliphatic heterocycles. The first-order chi connectivity index (χ1) is 10.1. The monoisotopic (exact) mass is 279 g/mol. The maximum Gasteiger partial charge on any atom is 0.339 e. The highest BCUT2D eigenvalue weighted by Crippen LogP contribution is 2.25. The van der Waals surface area contributed by atoms with Gasteiger partial charge in [0.25, 0.3) is 0 Å². The van der Waals surface area contributed by atoms with E-state index in [-0.39, 0.29) is 5.56 Å². The molecule has 21 heavy (non-hydrogen) atoms. The van der Waals surface area contributed by atoms with Crippen LogP contribution in [-0.4, -0.2) is 21.0 Å². The van der Waals surface area contributed by atoms with Crippen molar-refractivity contribution in [3.8, 4) is 0 Å². The molecular formula is C16H13N3O2. The van der Waals surface area contributed by atoms with Crippen LogP contribution in [0.1, 0.15) is 16.1 Å². The van der Waals surface area contributed by atoms with Crippen LogP contribution in [0.15, 0.2) is 48.7 Å². The summed E-state index contributed by atoms with van der Waals surface area (Å²) in [5.74, 6) is -0.641. The van der Waals surface area contributed by atoms with E-state index in [0.717, 1.165) is 16.5 Å². The van der Waals surface area contributed by atoms with E-state index in [0.29, 0.717) is 11.6 Å². The predicted octanol–water partition coefficient (Wildman–Crippen LogP) is 3.38. The topological polar surface area (TPSA) is 75.1 Å². The molecule has 0 bridgehead atoms. The Morgan fingerprint density at radius 2 is 1.90 bits per heavy atom. The summed E-state index contributed by atoms with van der Waals surface area (Å²) in [5.41, 5.74) is 1.43. The average Bonchev–Trinajstić information content (AvgIpc) is 2.47. The zero-order chi connectivity index (χ0) is 14.8. The van der Waals surface area contributed by atoms with Gasteiger partial charge in [0.2, 0.25) is 5.95 Å². The quantitative estimate of drug-likeness (QED) is 0.768. The minimum absolute atomic E-state index is 0.110. The first-order valence-corrected chi connectivity index (χ1v) is 6.47. The van der Waals surface area contributed by atoms with E-state index in [4.69, 9.17) is 5.11 Å². The summed E-state index contributed by atoms with van der Waals surface area (Å²) in [7, 11) is 0. The molecule has 5 heteroatoms. The molecule has 104 valence electrons. The summed E-state index contributed by atoms with van der Waals surface area (Å²) in [6, 6.07) is 13.9. The standard InChI is InChI=1S/C16H13N3O2/c1-10-13(15(20)21)9-17-16(18-10)19-14-8-4-6-11-5-2-3-7-12(11)14/h2-9H,1H3,(H,20,21)(H,17,18,19). The lowest BCUT2D eigenvalue weighted by Gasteiger charge is -2.09. The molecule has 0 saturated carbocycles. The molecule has 3 aromatic rings. The molecule has 3 rings (SSSR count). The SMILES string of the molecule is Cc1nc(Nc2cccc3ccccc23)ncc1C(=O)O. The van der Waals surface area contributed by atoms with Crippen LogP contribution in [0.4, 0.5) is 11.6 Å². The molecule has 2 N–H and O–H groups in total. The van der Waals surface area contributed by atoms with Crippen LogP contribution in [0.2, 0.25) is 0 Å². The van der Waals surface area contributed by atoms with Crippen molar-refractivity contribution in [2.24, 2.45) is 0 Å². The number of nitrogens with zero attached hydrogens (tertiary/aromatic N) is 2. The van der Waals surface area contributed by atoms with Crippen LogP contribution in [0.3, 0.4) is 0 Å². The van der Waals surface area contributed by atoms with Gasteiger partial charge in [-0.15, -0.1) is 0 Å². The van der Waals surface area contributed by atoms with Gasteiger partial charge in [0.1, 0.15) is 0 Å². The lowest BCUT2D eigenvalue weighted by atomic mass is 10.1. The molecule has 1 heterocycles. The van der Waals surface area contributed by atoms with Gasteiger partial charge in [0.05, 0.1) is 11.3 Å². The summed E-state index contributed by atoms with van der Waals surface area (Å²) in [5, 5.41) is 14.3. The van der Waals surface area contributed by atoms with Crippen molar-refractivity contribution in [2.45, 2.75) is 6.92 Å². The van der Waals surface area contributed by atoms with E-state index in [2.05, 4.69) is 15.3 Å². The van der Waals surface area contributed by atoms with Gasteiger partial charge in [-0.05, 0) is 18.4 Å².